The molecule has 3 rings (SSSR count). The van der Waals surface area contributed by atoms with E-state index in [-0.39, 0.29) is 24.7 Å². The highest BCUT2D eigenvalue weighted by molar-refractivity contribution is 6.02. The highest BCUT2D eigenvalue weighted by Gasteiger charge is 2.42. The van der Waals surface area contributed by atoms with Crippen molar-refractivity contribution in [1.29, 1.82) is 0 Å². The second-order valence-electron chi connectivity index (χ2n) is 5.17. The number of likely N-dealkylation sites (tertiary alicyclic amines) is 1. The van der Waals surface area contributed by atoms with Crippen molar-refractivity contribution < 1.29 is 32.6 Å². The van der Waals surface area contributed by atoms with E-state index in [1.165, 1.54) is 23.2 Å². The van der Waals surface area contributed by atoms with Gasteiger partial charge in [0.25, 0.3) is 0 Å². The Hall–Kier alpha value is -2.71. The fourth-order valence-corrected chi connectivity index (χ4v) is 2.65. The first-order valence-corrected chi connectivity index (χ1v) is 6.62. The summed E-state index contributed by atoms with van der Waals surface area (Å²) in [6.45, 7) is 0.239. The summed E-state index contributed by atoms with van der Waals surface area (Å²) < 4.78 is 40.1. The number of anilines is 1. The van der Waals surface area contributed by atoms with E-state index in [2.05, 4.69) is 4.74 Å². The van der Waals surface area contributed by atoms with Gasteiger partial charge in [-0.25, -0.2) is 4.79 Å². The number of fused-ring (bicyclic) bond motifs is 1. The monoisotopic (exact) mass is 328 g/mol. The first-order chi connectivity index (χ1) is 10.7. The number of hydrogen-bond acceptors (Lipinski definition) is 3. The molecule has 2 aliphatic rings. The lowest BCUT2D eigenvalue weighted by molar-refractivity contribution is -0.274. The molecule has 0 aliphatic carbocycles. The van der Waals surface area contributed by atoms with Gasteiger partial charge in [0.1, 0.15) is 5.75 Å². The quantitative estimate of drug-likeness (QED) is 0.905. The molecule has 2 amide bonds. The van der Waals surface area contributed by atoms with E-state index >= 15 is 0 Å². The molecule has 2 heterocycles. The van der Waals surface area contributed by atoms with Gasteiger partial charge in [-0.3, -0.25) is 9.69 Å². The first kappa shape index (κ1) is 15.2. The zero-order valence-corrected chi connectivity index (χ0v) is 11.6. The summed E-state index contributed by atoms with van der Waals surface area (Å²) >= 11 is 0. The number of carbonyl (C=O) groups excluding carboxylic acids is 1. The second kappa shape index (κ2) is 5.18. The summed E-state index contributed by atoms with van der Waals surface area (Å²) in [5.41, 5.74) is 1.07. The van der Waals surface area contributed by atoms with E-state index in [1.807, 2.05) is 0 Å². The van der Waals surface area contributed by atoms with Crippen LogP contribution in [-0.2, 0) is 4.79 Å². The average Bonchev–Trinajstić information content (AvgIpc) is 2.98. The fraction of sp³-hybridized carbons (Fsp3) is 0.286. The van der Waals surface area contributed by atoms with Crippen LogP contribution < -0.4 is 9.64 Å². The van der Waals surface area contributed by atoms with Gasteiger partial charge in [0.05, 0.1) is 5.92 Å². The number of rotatable bonds is 2. The van der Waals surface area contributed by atoms with Crippen molar-refractivity contribution in [2.24, 2.45) is 5.92 Å². The maximum atomic E-state index is 12.3. The number of halogens is 3. The van der Waals surface area contributed by atoms with E-state index in [4.69, 9.17) is 5.11 Å². The number of ether oxygens (including phenoxy) is 1. The SMILES string of the molecule is O=C(O)N1CC2=CN(c3ccc(OC(F)(F)F)cc3)C(=O)C2C1. The molecular formula is C14H11F3N2O4. The summed E-state index contributed by atoms with van der Waals surface area (Å²) in [5, 5.41) is 8.93. The first-order valence-electron chi connectivity index (χ1n) is 6.62. The molecule has 0 bridgehead atoms. The van der Waals surface area contributed by atoms with Crippen molar-refractivity contribution in [1.82, 2.24) is 4.90 Å². The summed E-state index contributed by atoms with van der Waals surface area (Å²) in [5.74, 6) is -1.21. The molecule has 0 radical (unpaired) electrons. The van der Waals surface area contributed by atoms with E-state index in [1.54, 1.807) is 0 Å². The van der Waals surface area contributed by atoms with Gasteiger partial charge in [0.15, 0.2) is 0 Å². The van der Waals surface area contributed by atoms with E-state index in [0.717, 1.165) is 17.0 Å². The van der Waals surface area contributed by atoms with E-state index in [0.29, 0.717) is 11.3 Å². The summed E-state index contributed by atoms with van der Waals surface area (Å²) in [6.07, 6.45) is -4.33. The van der Waals surface area contributed by atoms with Crippen LogP contribution in [0.5, 0.6) is 5.75 Å². The van der Waals surface area contributed by atoms with Crippen molar-refractivity contribution >= 4 is 17.7 Å². The maximum absolute atomic E-state index is 12.3. The van der Waals surface area contributed by atoms with Crippen LogP contribution in [0.15, 0.2) is 36.0 Å². The highest BCUT2D eigenvalue weighted by atomic mass is 19.4. The van der Waals surface area contributed by atoms with Crippen molar-refractivity contribution in [3.8, 4) is 5.75 Å². The van der Waals surface area contributed by atoms with Gasteiger partial charge in [-0.05, 0) is 29.8 Å². The minimum absolute atomic E-state index is 0.0891. The fourth-order valence-electron chi connectivity index (χ4n) is 2.65. The molecule has 2 aliphatic heterocycles. The molecule has 9 heteroatoms. The molecule has 0 spiro atoms. The predicted molar refractivity (Wildman–Crippen MR) is 71.8 cm³/mol. The van der Waals surface area contributed by atoms with Crippen LogP contribution in [-0.4, -0.2) is 41.5 Å². The Kier molecular flexibility index (Phi) is 3.42. The van der Waals surface area contributed by atoms with Gasteiger partial charge in [-0.2, -0.15) is 0 Å². The topological polar surface area (TPSA) is 70.1 Å². The maximum Gasteiger partial charge on any atom is 0.573 e. The third kappa shape index (κ3) is 2.94. The normalized spacial score (nSPS) is 20.6. The van der Waals surface area contributed by atoms with E-state index in [9.17, 15) is 22.8 Å². The summed E-state index contributed by atoms with van der Waals surface area (Å²) in [7, 11) is 0. The standard InChI is InChI=1S/C14H11F3N2O4/c15-14(16,17)23-10-3-1-9(2-4-10)19-6-8-5-18(13(21)22)7-11(8)12(19)20/h1-4,6,11H,5,7H2,(H,21,22). The van der Waals surface area contributed by atoms with Gasteiger partial charge in [0.2, 0.25) is 5.91 Å². The van der Waals surface area contributed by atoms with Gasteiger partial charge < -0.3 is 14.7 Å². The van der Waals surface area contributed by atoms with Gasteiger partial charge in [-0.1, -0.05) is 0 Å². The number of carboxylic acid groups (broad SMARTS) is 1. The molecule has 1 aromatic rings. The molecule has 1 aromatic carbocycles. The number of alkyl halides is 3. The van der Waals surface area contributed by atoms with Crippen LogP contribution >= 0.6 is 0 Å². The van der Waals surface area contributed by atoms with Crippen LogP contribution in [0.25, 0.3) is 0 Å². The van der Waals surface area contributed by atoms with Crippen LogP contribution in [0.3, 0.4) is 0 Å². The van der Waals surface area contributed by atoms with E-state index < -0.39 is 18.4 Å². The minimum Gasteiger partial charge on any atom is -0.465 e. The minimum atomic E-state index is -4.77. The number of carbonyl (C=O) groups is 2. The number of nitrogens with zero attached hydrogens (tertiary/aromatic N) is 2. The largest absolute Gasteiger partial charge is 0.573 e. The lowest BCUT2D eigenvalue weighted by atomic mass is 10.1. The van der Waals surface area contributed by atoms with Crippen molar-refractivity contribution in [3.63, 3.8) is 0 Å². The molecule has 1 atom stereocenters. The zero-order valence-electron chi connectivity index (χ0n) is 11.6. The molecule has 0 aromatic heterocycles. The van der Waals surface area contributed by atoms with Gasteiger partial charge in [-0.15, -0.1) is 13.2 Å². The van der Waals surface area contributed by atoms with Crippen molar-refractivity contribution in [2.45, 2.75) is 6.36 Å². The second-order valence-corrected chi connectivity index (χ2v) is 5.17. The molecule has 1 saturated heterocycles. The number of benzene rings is 1. The Morgan fingerprint density at radius 2 is 1.91 bits per heavy atom. The summed E-state index contributed by atoms with van der Waals surface area (Å²) in [4.78, 5) is 25.7. The summed E-state index contributed by atoms with van der Waals surface area (Å²) in [6, 6.07) is 4.91. The average molecular weight is 328 g/mol. The van der Waals surface area contributed by atoms with Crippen molar-refractivity contribution in [2.75, 3.05) is 18.0 Å². The lowest BCUT2D eigenvalue weighted by Crippen LogP contribution is -2.33. The molecular weight excluding hydrogens is 317 g/mol. The van der Waals surface area contributed by atoms with Crippen molar-refractivity contribution in [3.05, 3.63) is 36.0 Å². The molecule has 0 saturated carbocycles. The Labute approximate surface area is 128 Å². The Morgan fingerprint density at radius 1 is 1.26 bits per heavy atom. The van der Waals surface area contributed by atoms with Crippen LogP contribution in [0.1, 0.15) is 0 Å². The van der Waals surface area contributed by atoms with Crippen LogP contribution in [0.4, 0.5) is 23.7 Å². The lowest BCUT2D eigenvalue weighted by Gasteiger charge is -2.18. The predicted octanol–water partition coefficient (Wildman–Crippen LogP) is 2.43. The molecule has 1 fully saturated rings. The van der Waals surface area contributed by atoms with Gasteiger partial charge >= 0.3 is 12.5 Å². The molecule has 1 N–H and O–H groups in total. The van der Waals surface area contributed by atoms with Crippen LogP contribution in [0, 0.1) is 5.92 Å². The zero-order chi connectivity index (χ0) is 16.8. The van der Waals surface area contributed by atoms with Gasteiger partial charge in [0, 0.05) is 25.0 Å². The van der Waals surface area contributed by atoms with Crippen LogP contribution in [0.2, 0.25) is 0 Å². The molecule has 23 heavy (non-hydrogen) atoms. The Morgan fingerprint density at radius 3 is 2.43 bits per heavy atom. The number of hydrogen-bond donors (Lipinski definition) is 1. The third-order valence-corrected chi connectivity index (χ3v) is 3.67. The number of amides is 2. The Bertz CT molecular complexity index is 684. The highest BCUT2D eigenvalue weighted by Crippen LogP contribution is 2.34. The Balaban J connectivity index is 1.76. The molecule has 1 unspecified atom stereocenters. The smallest absolute Gasteiger partial charge is 0.465 e. The molecule has 122 valence electrons. The molecule has 6 nitrogen and oxygen atoms in total. The third-order valence-electron chi connectivity index (χ3n) is 3.67.